The molecule has 1 aromatic heterocycles. The number of aryl methyl sites for hydroxylation is 1. The summed E-state index contributed by atoms with van der Waals surface area (Å²) >= 11 is 3.15. The summed E-state index contributed by atoms with van der Waals surface area (Å²) in [6.07, 6.45) is -4.42. The van der Waals surface area contributed by atoms with E-state index in [1.165, 1.54) is 6.07 Å². The Labute approximate surface area is 108 Å². The summed E-state index contributed by atoms with van der Waals surface area (Å²) < 4.78 is 38.2. The maximum absolute atomic E-state index is 12.6. The SMILES string of the molecule is Cc1nnc(-c2cc(C(F)(F)F)ccc2Br)nn1. The minimum atomic E-state index is -4.42. The predicted octanol–water partition coefficient (Wildman–Crippen LogP) is 3.02. The van der Waals surface area contributed by atoms with E-state index in [2.05, 4.69) is 36.3 Å². The number of benzene rings is 1. The molecule has 8 heteroatoms. The first-order chi connectivity index (χ1) is 8.38. The van der Waals surface area contributed by atoms with Crippen molar-refractivity contribution in [3.05, 3.63) is 34.1 Å². The van der Waals surface area contributed by atoms with Crippen molar-refractivity contribution in [1.82, 2.24) is 20.4 Å². The van der Waals surface area contributed by atoms with Crippen molar-refractivity contribution in [1.29, 1.82) is 0 Å². The number of alkyl halides is 3. The third-order valence-electron chi connectivity index (χ3n) is 2.11. The zero-order chi connectivity index (χ0) is 13.3. The first kappa shape index (κ1) is 12.9. The summed E-state index contributed by atoms with van der Waals surface area (Å²) in [7, 11) is 0. The molecule has 0 aliphatic heterocycles. The van der Waals surface area contributed by atoms with Crippen molar-refractivity contribution >= 4 is 15.9 Å². The van der Waals surface area contributed by atoms with Crippen LogP contribution in [-0.2, 0) is 6.18 Å². The second-order valence-corrected chi connectivity index (χ2v) is 4.32. The topological polar surface area (TPSA) is 51.6 Å². The number of hydrogen-bond acceptors (Lipinski definition) is 4. The number of nitrogens with zero attached hydrogens (tertiary/aromatic N) is 4. The first-order valence-electron chi connectivity index (χ1n) is 4.79. The molecular formula is C10H6BrF3N4. The summed E-state index contributed by atoms with van der Waals surface area (Å²) in [6.45, 7) is 1.59. The smallest absolute Gasteiger partial charge is 0.166 e. The van der Waals surface area contributed by atoms with Gasteiger partial charge < -0.3 is 0 Å². The summed E-state index contributed by atoms with van der Waals surface area (Å²) in [5.74, 6) is 0.389. The quantitative estimate of drug-likeness (QED) is 0.811. The monoisotopic (exact) mass is 318 g/mol. The molecule has 0 spiro atoms. The molecule has 18 heavy (non-hydrogen) atoms. The number of hydrogen-bond donors (Lipinski definition) is 0. The second-order valence-electron chi connectivity index (χ2n) is 3.46. The van der Waals surface area contributed by atoms with E-state index in [1.807, 2.05) is 0 Å². The third kappa shape index (κ3) is 2.63. The van der Waals surface area contributed by atoms with Gasteiger partial charge in [-0.1, -0.05) is 15.9 Å². The molecule has 1 aromatic carbocycles. The van der Waals surface area contributed by atoms with E-state index < -0.39 is 11.7 Å². The molecule has 0 amide bonds. The Morgan fingerprint density at radius 1 is 1.06 bits per heavy atom. The summed E-state index contributed by atoms with van der Waals surface area (Å²) in [5, 5.41) is 14.7. The van der Waals surface area contributed by atoms with Crippen molar-refractivity contribution in [2.75, 3.05) is 0 Å². The van der Waals surface area contributed by atoms with Crippen LogP contribution in [0.5, 0.6) is 0 Å². The van der Waals surface area contributed by atoms with E-state index in [0.29, 0.717) is 10.3 Å². The molecule has 2 aromatic rings. The van der Waals surface area contributed by atoms with E-state index >= 15 is 0 Å². The van der Waals surface area contributed by atoms with Crippen LogP contribution in [0.1, 0.15) is 11.4 Å². The molecular weight excluding hydrogens is 313 g/mol. The van der Waals surface area contributed by atoms with Gasteiger partial charge >= 0.3 is 6.18 Å². The van der Waals surface area contributed by atoms with Gasteiger partial charge in [0.1, 0.15) is 0 Å². The molecule has 0 aliphatic carbocycles. The molecule has 2 rings (SSSR count). The summed E-state index contributed by atoms with van der Waals surface area (Å²) in [5.41, 5.74) is -0.574. The second kappa shape index (κ2) is 4.60. The Morgan fingerprint density at radius 3 is 2.22 bits per heavy atom. The summed E-state index contributed by atoms with van der Waals surface area (Å²) in [6, 6.07) is 3.22. The molecule has 0 saturated carbocycles. The van der Waals surface area contributed by atoms with E-state index in [0.717, 1.165) is 12.1 Å². The molecule has 0 radical (unpaired) electrons. The normalized spacial score (nSPS) is 11.6. The number of aromatic nitrogens is 4. The average Bonchev–Trinajstić information content (AvgIpc) is 2.29. The zero-order valence-electron chi connectivity index (χ0n) is 9.03. The van der Waals surface area contributed by atoms with Crippen LogP contribution in [0, 0.1) is 6.92 Å². The molecule has 0 N–H and O–H groups in total. The molecule has 1 heterocycles. The van der Waals surface area contributed by atoms with Crippen LogP contribution in [-0.4, -0.2) is 20.4 Å². The highest BCUT2D eigenvalue weighted by atomic mass is 79.9. The minimum Gasteiger partial charge on any atom is -0.166 e. The lowest BCUT2D eigenvalue weighted by molar-refractivity contribution is -0.137. The van der Waals surface area contributed by atoms with Gasteiger partial charge in [0, 0.05) is 10.0 Å². The molecule has 0 fully saturated rings. The number of rotatable bonds is 1. The summed E-state index contributed by atoms with van der Waals surface area (Å²) in [4.78, 5) is 0. The van der Waals surface area contributed by atoms with Gasteiger partial charge in [-0.25, -0.2) is 0 Å². The average molecular weight is 319 g/mol. The van der Waals surface area contributed by atoms with Crippen molar-refractivity contribution in [3.8, 4) is 11.4 Å². The molecule has 0 unspecified atom stereocenters. The molecule has 0 atom stereocenters. The fourth-order valence-electron chi connectivity index (χ4n) is 1.26. The van der Waals surface area contributed by atoms with Crippen LogP contribution < -0.4 is 0 Å². The lowest BCUT2D eigenvalue weighted by atomic mass is 10.1. The van der Waals surface area contributed by atoms with Crippen LogP contribution in [0.3, 0.4) is 0 Å². The Hall–Kier alpha value is -1.57. The van der Waals surface area contributed by atoms with Gasteiger partial charge in [-0.15, -0.1) is 20.4 Å². The van der Waals surface area contributed by atoms with Crippen LogP contribution in [0.2, 0.25) is 0 Å². The van der Waals surface area contributed by atoms with Crippen LogP contribution in [0.15, 0.2) is 22.7 Å². The van der Waals surface area contributed by atoms with E-state index in [-0.39, 0.29) is 11.4 Å². The fourth-order valence-corrected chi connectivity index (χ4v) is 1.68. The maximum Gasteiger partial charge on any atom is 0.416 e. The fraction of sp³-hybridized carbons (Fsp3) is 0.200. The van der Waals surface area contributed by atoms with Gasteiger partial charge in [-0.2, -0.15) is 13.2 Å². The Bertz CT molecular complexity index is 568. The third-order valence-corrected chi connectivity index (χ3v) is 2.80. The number of halogens is 4. The lowest BCUT2D eigenvalue weighted by Gasteiger charge is -2.09. The van der Waals surface area contributed by atoms with Gasteiger partial charge in [-0.05, 0) is 25.1 Å². The van der Waals surface area contributed by atoms with Crippen LogP contribution in [0.25, 0.3) is 11.4 Å². The predicted molar refractivity (Wildman–Crippen MR) is 60.5 cm³/mol. The highest BCUT2D eigenvalue weighted by molar-refractivity contribution is 9.10. The Balaban J connectivity index is 2.53. The minimum absolute atomic E-state index is 0.0403. The zero-order valence-corrected chi connectivity index (χ0v) is 10.6. The van der Waals surface area contributed by atoms with E-state index in [9.17, 15) is 13.2 Å². The molecule has 0 aliphatic rings. The molecule has 4 nitrogen and oxygen atoms in total. The van der Waals surface area contributed by atoms with E-state index in [1.54, 1.807) is 6.92 Å². The first-order valence-corrected chi connectivity index (χ1v) is 5.58. The Kier molecular flexibility index (Phi) is 3.29. The van der Waals surface area contributed by atoms with E-state index in [4.69, 9.17) is 0 Å². The van der Waals surface area contributed by atoms with Crippen LogP contribution >= 0.6 is 15.9 Å². The van der Waals surface area contributed by atoms with Gasteiger partial charge in [0.25, 0.3) is 0 Å². The van der Waals surface area contributed by atoms with Crippen LogP contribution in [0.4, 0.5) is 13.2 Å². The molecule has 0 bridgehead atoms. The standard InChI is InChI=1S/C10H6BrF3N4/c1-5-15-17-9(18-16-5)7-4-6(10(12,13)14)2-3-8(7)11/h2-4H,1H3. The lowest BCUT2D eigenvalue weighted by Crippen LogP contribution is -2.06. The largest absolute Gasteiger partial charge is 0.416 e. The molecule has 94 valence electrons. The van der Waals surface area contributed by atoms with Crippen molar-refractivity contribution < 1.29 is 13.2 Å². The van der Waals surface area contributed by atoms with Crippen molar-refractivity contribution in [3.63, 3.8) is 0 Å². The van der Waals surface area contributed by atoms with Gasteiger partial charge in [0.05, 0.1) is 5.56 Å². The highest BCUT2D eigenvalue weighted by Gasteiger charge is 2.31. The van der Waals surface area contributed by atoms with Gasteiger partial charge in [0.15, 0.2) is 5.82 Å². The molecule has 0 saturated heterocycles. The maximum atomic E-state index is 12.6. The highest BCUT2D eigenvalue weighted by Crippen LogP contribution is 2.34. The Morgan fingerprint density at radius 2 is 1.67 bits per heavy atom. The van der Waals surface area contributed by atoms with Crippen molar-refractivity contribution in [2.45, 2.75) is 13.1 Å². The van der Waals surface area contributed by atoms with Crippen molar-refractivity contribution in [2.24, 2.45) is 0 Å². The van der Waals surface area contributed by atoms with Gasteiger partial charge in [-0.3, -0.25) is 0 Å². The van der Waals surface area contributed by atoms with Gasteiger partial charge in [0.2, 0.25) is 5.82 Å².